The summed E-state index contributed by atoms with van der Waals surface area (Å²) in [6, 6.07) is 5.62. The van der Waals surface area contributed by atoms with E-state index in [1.807, 2.05) is 13.0 Å². The molecule has 0 bridgehead atoms. The summed E-state index contributed by atoms with van der Waals surface area (Å²) in [5.41, 5.74) is 6.18. The number of pyridine rings is 1. The van der Waals surface area contributed by atoms with Crippen molar-refractivity contribution in [1.29, 1.82) is 0 Å². The Bertz CT molecular complexity index is 915. The predicted octanol–water partition coefficient (Wildman–Crippen LogP) is 3.43. The first-order chi connectivity index (χ1) is 14.5. The summed E-state index contributed by atoms with van der Waals surface area (Å²) >= 11 is 0. The van der Waals surface area contributed by atoms with Gasteiger partial charge in [0.15, 0.2) is 0 Å². The standard InChI is InChI=1S/C21H28F2N6O/c1-2-10-25-12-14(11-24)21(30)27-16-8-6-15(7-9-16)26-18-4-3-5-19-28-17(20(22)23)13-29(18)19/h3-5,11-13,15-16,20,26H,2,6-10,24H2,1H3,(H,27,30)/b14-11+,25-12?. The van der Waals surface area contributed by atoms with Crippen LogP contribution in [0.25, 0.3) is 5.65 Å². The summed E-state index contributed by atoms with van der Waals surface area (Å²) in [6.45, 7) is 2.67. The number of rotatable bonds is 8. The Morgan fingerprint density at radius 1 is 1.33 bits per heavy atom. The molecule has 0 spiro atoms. The fourth-order valence-corrected chi connectivity index (χ4v) is 3.58. The molecule has 1 aliphatic rings. The Kier molecular flexibility index (Phi) is 7.37. The fourth-order valence-electron chi connectivity index (χ4n) is 3.58. The monoisotopic (exact) mass is 418 g/mol. The van der Waals surface area contributed by atoms with Crippen LogP contribution in [0, 0.1) is 0 Å². The van der Waals surface area contributed by atoms with E-state index in [-0.39, 0.29) is 23.7 Å². The molecule has 0 aliphatic heterocycles. The normalized spacial score (nSPS) is 20.2. The lowest BCUT2D eigenvalue weighted by Crippen LogP contribution is -2.41. The van der Waals surface area contributed by atoms with Crippen molar-refractivity contribution < 1.29 is 13.6 Å². The van der Waals surface area contributed by atoms with E-state index in [9.17, 15) is 13.6 Å². The summed E-state index contributed by atoms with van der Waals surface area (Å²) < 4.78 is 27.6. The molecule has 0 saturated heterocycles. The maximum absolute atomic E-state index is 13.0. The second kappa shape index (κ2) is 10.2. The number of fused-ring (bicyclic) bond motifs is 1. The van der Waals surface area contributed by atoms with Gasteiger partial charge in [-0.05, 0) is 44.2 Å². The second-order valence-corrected chi connectivity index (χ2v) is 7.43. The lowest BCUT2D eigenvalue weighted by Gasteiger charge is -2.30. The number of carbonyl (C=O) groups excluding carboxylic acids is 1. The Hall–Kier alpha value is -2.97. The molecule has 0 aromatic carbocycles. The minimum atomic E-state index is -2.60. The van der Waals surface area contributed by atoms with Gasteiger partial charge in [-0.15, -0.1) is 0 Å². The lowest BCUT2D eigenvalue weighted by atomic mass is 9.91. The van der Waals surface area contributed by atoms with Crippen molar-refractivity contribution in [3.8, 4) is 0 Å². The van der Waals surface area contributed by atoms with Crippen LogP contribution >= 0.6 is 0 Å². The molecule has 1 amide bonds. The highest BCUT2D eigenvalue weighted by molar-refractivity contribution is 6.12. The molecule has 162 valence electrons. The van der Waals surface area contributed by atoms with Gasteiger partial charge < -0.3 is 16.4 Å². The molecule has 2 heterocycles. The Morgan fingerprint density at radius 3 is 2.73 bits per heavy atom. The van der Waals surface area contributed by atoms with E-state index in [1.165, 1.54) is 18.6 Å². The molecule has 4 N–H and O–H groups in total. The molecule has 2 aromatic heterocycles. The highest BCUT2D eigenvalue weighted by Gasteiger charge is 2.24. The molecule has 0 atom stereocenters. The summed E-state index contributed by atoms with van der Waals surface area (Å²) in [5, 5.41) is 6.45. The van der Waals surface area contributed by atoms with Gasteiger partial charge in [-0.3, -0.25) is 14.2 Å². The molecule has 30 heavy (non-hydrogen) atoms. The van der Waals surface area contributed by atoms with Gasteiger partial charge in [0.05, 0.1) is 5.57 Å². The fraction of sp³-hybridized carbons (Fsp3) is 0.476. The molecular formula is C21H28F2N6O. The number of nitrogens with zero attached hydrogens (tertiary/aromatic N) is 3. The molecule has 7 nitrogen and oxygen atoms in total. The van der Waals surface area contributed by atoms with Gasteiger partial charge in [-0.1, -0.05) is 13.0 Å². The number of alkyl halides is 2. The third kappa shape index (κ3) is 5.34. The van der Waals surface area contributed by atoms with Gasteiger partial charge in [0.1, 0.15) is 17.2 Å². The quantitative estimate of drug-likeness (QED) is 0.452. The second-order valence-electron chi connectivity index (χ2n) is 7.43. The van der Waals surface area contributed by atoms with E-state index < -0.39 is 6.43 Å². The van der Waals surface area contributed by atoms with Crippen molar-refractivity contribution in [1.82, 2.24) is 14.7 Å². The van der Waals surface area contributed by atoms with Gasteiger partial charge in [-0.2, -0.15) is 0 Å². The lowest BCUT2D eigenvalue weighted by molar-refractivity contribution is -0.117. The summed E-state index contributed by atoms with van der Waals surface area (Å²) in [6.07, 6.45) is 5.80. The number of aliphatic imine (C=N–C) groups is 1. The minimum absolute atomic E-state index is 0.0690. The highest BCUT2D eigenvalue weighted by atomic mass is 19.3. The Morgan fingerprint density at radius 2 is 2.07 bits per heavy atom. The van der Waals surface area contributed by atoms with Crippen molar-refractivity contribution in [2.75, 3.05) is 11.9 Å². The van der Waals surface area contributed by atoms with E-state index in [1.54, 1.807) is 16.5 Å². The van der Waals surface area contributed by atoms with E-state index in [0.717, 1.165) is 37.9 Å². The van der Waals surface area contributed by atoms with Crippen molar-refractivity contribution in [2.45, 2.75) is 57.5 Å². The third-order valence-electron chi connectivity index (χ3n) is 5.17. The van der Waals surface area contributed by atoms with Crippen LogP contribution in [-0.2, 0) is 4.79 Å². The molecule has 1 fully saturated rings. The number of halogens is 2. The summed E-state index contributed by atoms with van der Waals surface area (Å²) in [4.78, 5) is 20.5. The molecule has 2 aromatic rings. The Balaban J connectivity index is 1.55. The first-order valence-corrected chi connectivity index (χ1v) is 10.3. The van der Waals surface area contributed by atoms with Gasteiger partial charge in [0.25, 0.3) is 12.3 Å². The molecule has 3 rings (SSSR count). The van der Waals surface area contributed by atoms with Crippen molar-refractivity contribution in [3.63, 3.8) is 0 Å². The van der Waals surface area contributed by atoms with Crippen LogP contribution < -0.4 is 16.4 Å². The van der Waals surface area contributed by atoms with Gasteiger partial charge in [-0.25, -0.2) is 13.8 Å². The molecule has 1 saturated carbocycles. The van der Waals surface area contributed by atoms with Gasteiger partial charge in [0, 0.05) is 37.2 Å². The van der Waals surface area contributed by atoms with E-state index in [2.05, 4.69) is 20.6 Å². The number of anilines is 1. The van der Waals surface area contributed by atoms with Crippen molar-refractivity contribution >= 4 is 23.6 Å². The van der Waals surface area contributed by atoms with E-state index in [4.69, 9.17) is 5.73 Å². The van der Waals surface area contributed by atoms with Crippen LogP contribution in [0.15, 0.2) is 41.2 Å². The van der Waals surface area contributed by atoms with Crippen LogP contribution in [0.2, 0.25) is 0 Å². The first-order valence-electron chi connectivity index (χ1n) is 10.3. The van der Waals surface area contributed by atoms with Crippen molar-refractivity contribution in [2.24, 2.45) is 10.7 Å². The third-order valence-corrected chi connectivity index (χ3v) is 5.17. The predicted molar refractivity (Wildman–Crippen MR) is 114 cm³/mol. The topological polar surface area (TPSA) is 96.8 Å². The summed E-state index contributed by atoms with van der Waals surface area (Å²) in [7, 11) is 0. The number of hydrogen-bond acceptors (Lipinski definition) is 5. The smallest absolute Gasteiger partial charge is 0.281 e. The maximum Gasteiger partial charge on any atom is 0.281 e. The van der Waals surface area contributed by atoms with Crippen molar-refractivity contribution in [3.05, 3.63) is 41.9 Å². The van der Waals surface area contributed by atoms with Gasteiger partial charge >= 0.3 is 0 Å². The maximum atomic E-state index is 13.0. The molecule has 9 heteroatoms. The number of nitrogens with one attached hydrogen (secondary N) is 2. The summed E-state index contributed by atoms with van der Waals surface area (Å²) in [5.74, 6) is 0.524. The zero-order chi connectivity index (χ0) is 21.5. The van der Waals surface area contributed by atoms with Crippen LogP contribution in [0.1, 0.15) is 51.1 Å². The molecular weight excluding hydrogens is 390 g/mol. The van der Waals surface area contributed by atoms with Crippen LogP contribution in [0.3, 0.4) is 0 Å². The highest BCUT2D eigenvalue weighted by Crippen LogP contribution is 2.25. The molecule has 1 aliphatic carbocycles. The zero-order valence-corrected chi connectivity index (χ0v) is 17.0. The Labute approximate surface area is 174 Å². The van der Waals surface area contributed by atoms with Gasteiger partial charge in [0.2, 0.25) is 0 Å². The van der Waals surface area contributed by atoms with Crippen LogP contribution in [0.4, 0.5) is 14.6 Å². The van der Waals surface area contributed by atoms with E-state index in [0.29, 0.717) is 17.8 Å². The number of aromatic nitrogens is 2. The van der Waals surface area contributed by atoms with Crippen LogP contribution in [-0.4, -0.2) is 40.1 Å². The average Bonchev–Trinajstić information content (AvgIpc) is 3.18. The number of imidazole rings is 1. The number of amides is 1. The van der Waals surface area contributed by atoms with E-state index >= 15 is 0 Å². The minimum Gasteiger partial charge on any atom is -0.404 e. The average molecular weight is 418 g/mol. The number of carbonyl (C=O) groups is 1. The zero-order valence-electron chi connectivity index (χ0n) is 17.0. The number of nitrogens with two attached hydrogens (primary N) is 1. The SMILES string of the molecule is CCCN=C/C(=C\N)C(=O)NC1CCC(Nc2cccc3nc(C(F)F)cn23)CC1. The first kappa shape index (κ1) is 21.7. The molecule has 0 radical (unpaired) electrons. The number of hydrogen-bond donors (Lipinski definition) is 3. The largest absolute Gasteiger partial charge is 0.404 e. The molecule has 0 unspecified atom stereocenters. The van der Waals surface area contributed by atoms with Crippen LogP contribution in [0.5, 0.6) is 0 Å².